The molecule has 24 heavy (non-hydrogen) atoms. The summed E-state index contributed by atoms with van der Waals surface area (Å²) in [5.41, 5.74) is 1.16. The number of carbonyl (C=O) groups is 2. The van der Waals surface area contributed by atoms with Gasteiger partial charge in [0.1, 0.15) is 13.6 Å². The lowest BCUT2D eigenvalue weighted by Crippen LogP contribution is -2.11. The van der Waals surface area contributed by atoms with Gasteiger partial charge in [0, 0.05) is 18.2 Å². The number of rotatable bonds is 5. The molecule has 2 rings (SSSR count). The van der Waals surface area contributed by atoms with Crippen LogP contribution in [-0.4, -0.2) is 24.5 Å². The molecule has 0 aliphatic carbocycles. The van der Waals surface area contributed by atoms with Gasteiger partial charge in [0.25, 0.3) is 5.69 Å². The molecule has 0 aromatic heterocycles. The van der Waals surface area contributed by atoms with Crippen LogP contribution in [0, 0.1) is 10.1 Å². The minimum atomic E-state index is -0.680. The second-order valence-electron chi connectivity index (χ2n) is 4.91. The van der Waals surface area contributed by atoms with Gasteiger partial charge in [-0.15, -0.1) is 0 Å². The van der Waals surface area contributed by atoms with Crippen LogP contribution in [0.15, 0.2) is 48.5 Å². The average molecular weight is 321 g/mol. The molecule has 2 aromatic rings. The summed E-state index contributed by atoms with van der Waals surface area (Å²) in [4.78, 5) is 33.5. The maximum absolute atomic E-state index is 11.9. The van der Waals surface area contributed by atoms with Gasteiger partial charge in [-0.3, -0.25) is 14.9 Å². The summed E-state index contributed by atoms with van der Waals surface area (Å²) in [5, 5.41) is 10.6. The van der Waals surface area contributed by atoms with E-state index in [0.717, 1.165) is 0 Å². The summed E-state index contributed by atoms with van der Waals surface area (Å²) in [6.45, 7) is 1.35. The van der Waals surface area contributed by atoms with Crippen LogP contribution in [0.4, 0.5) is 5.69 Å². The normalized spacial score (nSPS) is 10.5. The minimum Gasteiger partial charge on any atom is -0.423 e. The van der Waals surface area contributed by atoms with Crippen LogP contribution >= 0.6 is 0 Å². The molecule has 0 N–H and O–H groups in total. The van der Waals surface area contributed by atoms with E-state index in [1.807, 2.05) is 0 Å². The molecule has 0 aliphatic heterocycles. The SMILES string of the molecule is [B]c1ccc(OC(=O)/C=C/c2ccc([N+](=O)[O-])cc2)c(C(C)=O)c1. The van der Waals surface area contributed by atoms with E-state index < -0.39 is 10.9 Å². The third-order valence-electron chi connectivity index (χ3n) is 3.11. The molecule has 0 bridgehead atoms. The standard InChI is InChI=1S/C17H12BNO5/c1-11(20)15-10-13(18)5-8-16(15)24-17(21)9-4-12-2-6-14(7-3-12)19(22)23/h2-10H,1H3/b9-4+. The summed E-state index contributed by atoms with van der Waals surface area (Å²) in [6, 6.07) is 10.1. The molecule has 0 unspecified atom stereocenters. The maximum atomic E-state index is 11.9. The lowest BCUT2D eigenvalue weighted by Gasteiger charge is -2.07. The van der Waals surface area contributed by atoms with Crippen molar-refractivity contribution < 1.29 is 19.2 Å². The first-order valence-corrected chi connectivity index (χ1v) is 6.91. The van der Waals surface area contributed by atoms with Gasteiger partial charge in [-0.2, -0.15) is 0 Å². The Balaban J connectivity index is 2.10. The Morgan fingerprint density at radius 1 is 1.17 bits per heavy atom. The molecule has 0 fully saturated rings. The van der Waals surface area contributed by atoms with Crippen molar-refractivity contribution in [3.63, 3.8) is 0 Å². The highest BCUT2D eigenvalue weighted by molar-refractivity contribution is 6.32. The second kappa shape index (κ2) is 7.37. The monoisotopic (exact) mass is 321 g/mol. The first kappa shape index (κ1) is 17.1. The fourth-order valence-electron chi connectivity index (χ4n) is 1.93. The van der Waals surface area contributed by atoms with Crippen molar-refractivity contribution in [2.45, 2.75) is 6.92 Å². The highest BCUT2D eigenvalue weighted by Gasteiger charge is 2.11. The van der Waals surface area contributed by atoms with Crippen molar-refractivity contribution >= 4 is 36.8 Å². The summed E-state index contributed by atoms with van der Waals surface area (Å²) < 4.78 is 5.14. The lowest BCUT2D eigenvalue weighted by molar-refractivity contribution is -0.384. The largest absolute Gasteiger partial charge is 0.423 e. The van der Waals surface area contributed by atoms with Gasteiger partial charge in [0.2, 0.25) is 0 Å². The number of nitrogens with zero attached hydrogens (tertiary/aromatic N) is 1. The predicted octanol–water partition coefficient (Wildman–Crippen LogP) is 2.21. The van der Waals surface area contributed by atoms with E-state index in [1.165, 1.54) is 61.5 Å². The number of Topliss-reactive ketones (excluding diaryl/α,β-unsaturated/α-hetero) is 1. The number of ether oxygens (including phenoxy) is 1. The molecular formula is C17H12BNO5. The molecule has 0 amide bonds. The summed E-state index contributed by atoms with van der Waals surface area (Å²) in [5.74, 6) is -0.833. The van der Waals surface area contributed by atoms with Gasteiger partial charge in [-0.05, 0) is 36.8 Å². The molecule has 0 atom stereocenters. The van der Waals surface area contributed by atoms with Crippen molar-refractivity contribution in [1.29, 1.82) is 0 Å². The minimum absolute atomic E-state index is 0.0392. The molecule has 7 heteroatoms. The number of nitro groups is 1. The topological polar surface area (TPSA) is 86.5 Å². The Morgan fingerprint density at radius 3 is 2.42 bits per heavy atom. The summed E-state index contributed by atoms with van der Waals surface area (Å²) in [7, 11) is 5.61. The van der Waals surface area contributed by atoms with Gasteiger partial charge in [0.05, 0.1) is 10.5 Å². The van der Waals surface area contributed by atoms with Crippen LogP contribution in [-0.2, 0) is 4.79 Å². The molecular weight excluding hydrogens is 309 g/mol. The first-order valence-electron chi connectivity index (χ1n) is 6.91. The Bertz CT molecular complexity index is 827. The zero-order valence-electron chi connectivity index (χ0n) is 12.8. The van der Waals surface area contributed by atoms with Gasteiger partial charge in [-0.25, -0.2) is 4.79 Å². The number of nitro benzene ring substituents is 1. The molecule has 0 heterocycles. The van der Waals surface area contributed by atoms with Crippen LogP contribution in [0.2, 0.25) is 0 Å². The molecule has 0 saturated carbocycles. The third-order valence-corrected chi connectivity index (χ3v) is 3.11. The van der Waals surface area contributed by atoms with E-state index in [0.29, 0.717) is 11.0 Å². The summed E-state index contributed by atoms with van der Waals surface area (Å²) >= 11 is 0. The lowest BCUT2D eigenvalue weighted by atomic mass is 9.93. The smallest absolute Gasteiger partial charge is 0.336 e. The maximum Gasteiger partial charge on any atom is 0.336 e. The fraction of sp³-hybridized carbons (Fsp3) is 0.0588. The van der Waals surface area contributed by atoms with Crippen molar-refractivity contribution in [3.8, 4) is 5.75 Å². The van der Waals surface area contributed by atoms with Crippen LogP contribution in [0.3, 0.4) is 0 Å². The van der Waals surface area contributed by atoms with Crippen LogP contribution < -0.4 is 10.2 Å². The van der Waals surface area contributed by atoms with Crippen molar-refractivity contribution in [2.24, 2.45) is 0 Å². The van der Waals surface area contributed by atoms with E-state index >= 15 is 0 Å². The van der Waals surface area contributed by atoms with Crippen molar-refractivity contribution in [1.82, 2.24) is 0 Å². The third kappa shape index (κ3) is 4.39. The molecule has 2 radical (unpaired) electrons. The van der Waals surface area contributed by atoms with Crippen LogP contribution in [0.1, 0.15) is 22.8 Å². The van der Waals surface area contributed by atoms with E-state index in [4.69, 9.17) is 12.6 Å². The molecule has 0 saturated heterocycles. The molecule has 6 nitrogen and oxygen atoms in total. The molecule has 118 valence electrons. The van der Waals surface area contributed by atoms with Gasteiger partial charge >= 0.3 is 5.97 Å². The van der Waals surface area contributed by atoms with Gasteiger partial charge in [-0.1, -0.05) is 17.6 Å². The number of hydrogen-bond acceptors (Lipinski definition) is 5. The Morgan fingerprint density at radius 2 is 1.83 bits per heavy atom. The van der Waals surface area contributed by atoms with E-state index in [9.17, 15) is 19.7 Å². The highest BCUT2D eigenvalue weighted by Crippen LogP contribution is 2.18. The van der Waals surface area contributed by atoms with E-state index in [1.54, 1.807) is 0 Å². The Labute approximate surface area is 139 Å². The second-order valence-corrected chi connectivity index (χ2v) is 4.91. The van der Waals surface area contributed by atoms with Crippen LogP contribution in [0.5, 0.6) is 5.75 Å². The highest BCUT2D eigenvalue weighted by atomic mass is 16.6. The molecule has 2 aromatic carbocycles. The first-order chi connectivity index (χ1) is 11.4. The summed E-state index contributed by atoms with van der Waals surface area (Å²) in [6.07, 6.45) is 2.62. The zero-order chi connectivity index (χ0) is 17.7. The van der Waals surface area contributed by atoms with Gasteiger partial charge in [0.15, 0.2) is 5.78 Å². The molecule has 0 aliphatic rings. The van der Waals surface area contributed by atoms with Crippen LogP contribution in [0.25, 0.3) is 6.08 Å². The Hall–Kier alpha value is -3.22. The number of ketones is 1. The van der Waals surface area contributed by atoms with Gasteiger partial charge < -0.3 is 4.74 Å². The predicted molar refractivity (Wildman–Crippen MR) is 89.6 cm³/mol. The van der Waals surface area contributed by atoms with E-state index in [-0.39, 0.29) is 22.8 Å². The number of non-ortho nitro benzene ring substituents is 1. The average Bonchev–Trinajstić information content (AvgIpc) is 2.54. The number of esters is 1. The number of benzene rings is 2. The number of carbonyl (C=O) groups excluding carboxylic acids is 2. The quantitative estimate of drug-likeness (QED) is 0.160. The molecule has 0 spiro atoms. The van der Waals surface area contributed by atoms with E-state index in [2.05, 4.69) is 0 Å². The Kier molecular flexibility index (Phi) is 5.26. The number of hydrogen-bond donors (Lipinski definition) is 0. The van der Waals surface area contributed by atoms with Crippen molar-refractivity contribution in [2.75, 3.05) is 0 Å². The van der Waals surface area contributed by atoms with Crippen molar-refractivity contribution in [3.05, 3.63) is 69.8 Å². The zero-order valence-corrected chi connectivity index (χ0v) is 12.8. The fourth-order valence-corrected chi connectivity index (χ4v) is 1.93.